The third-order valence-electron chi connectivity index (χ3n) is 4.31. The first kappa shape index (κ1) is 15.3. The van der Waals surface area contributed by atoms with Crippen molar-refractivity contribution < 1.29 is 9.66 Å². The second-order valence-corrected chi connectivity index (χ2v) is 5.76. The summed E-state index contributed by atoms with van der Waals surface area (Å²) in [5.41, 5.74) is 2.07. The van der Waals surface area contributed by atoms with E-state index in [9.17, 15) is 10.1 Å². The van der Waals surface area contributed by atoms with Crippen LogP contribution in [0.25, 0.3) is 0 Å². The molecule has 1 unspecified atom stereocenters. The van der Waals surface area contributed by atoms with Gasteiger partial charge in [-0.15, -0.1) is 0 Å². The first-order chi connectivity index (χ1) is 11.1. The van der Waals surface area contributed by atoms with E-state index in [2.05, 4.69) is 16.0 Å². The van der Waals surface area contributed by atoms with E-state index in [4.69, 9.17) is 4.74 Å². The summed E-state index contributed by atoms with van der Waals surface area (Å²) in [6, 6.07) is 9.65. The molecule has 0 radical (unpaired) electrons. The fourth-order valence-electron chi connectivity index (χ4n) is 3.19. The van der Waals surface area contributed by atoms with E-state index in [1.54, 1.807) is 13.2 Å². The Morgan fingerprint density at radius 3 is 2.87 bits per heavy atom. The van der Waals surface area contributed by atoms with Crippen molar-refractivity contribution >= 4 is 11.5 Å². The first-order valence-electron chi connectivity index (χ1n) is 7.59. The van der Waals surface area contributed by atoms with E-state index < -0.39 is 4.92 Å². The van der Waals surface area contributed by atoms with Crippen molar-refractivity contribution in [2.24, 2.45) is 0 Å². The quantitative estimate of drug-likeness (QED) is 0.640. The molecular weight excluding hydrogens is 294 g/mol. The van der Waals surface area contributed by atoms with Crippen molar-refractivity contribution in [1.29, 1.82) is 0 Å². The van der Waals surface area contributed by atoms with Crippen molar-refractivity contribution in [1.82, 2.24) is 4.98 Å². The van der Waals surface area contributed by atoms with Crippen LogP contribution in [0.4, 0.5) is 11.5 Å². The van der Waals surface area contributed by atoms with Gasteiger partial charge in [0.2, 0.25) is 0 Å². The summed E-state index contributed by atoms with van der Waals surface area (Å²) in [5.74, 6) is 2.11. The number of nitro groups is 1. The van der Waals surface area contributed by atoms with E-state index >= 15 is 0 Å². The number of para-hydroxylation sites is 1. The van der Waals surface area contributed by atoms with E-state index in [1.807, 2.05) is 25.1 Å². The maximum atomic E-state index is 10.8. The Morgan fingerprint density at radius 2 is 2.17 bits per heavy atom. The highest BCUT2D eigenvalue weighted by Crippen LogP contribution is 2.35. The van der Waals surface area contributed by atoms with Crippen LogP contribution in [0.1, 0.15) is 23.5 Å². The molecule has 0 bridgehead atoms. The average Bonchev–Trinajstić information content (AvgIpc) is 3.04. The highest BCUT2D eigenvalue weighted by atomic mass is 16.6. The van der Waals surface area contributed by atoms with Crippen LogP contribution in [0.2, 0.25) is 0 Å². The van der Waals surface area contributed by atoms with Crippen LogP contribution >= 0.6 is 0 Å². The Hall–Kier alpha value is -2.63. The van der Waals surface area contributed by atoms with Crippen molar-refractivity contribution in [2.75, 3.05) is 25.1 Å². The number of methoxy groups -OCH3 is 1. The van der Waals surface area contributed by atoms with Crippen molar-refractivity contribution in [3.63, 3.8) is 0 Å². The topological polar surface area (TPSA) is 68.5 Å². The molecule has 1 aliphatic heterocycles. The largest absolute Gasteiger partial charge is 0.496 e. The third-order valence-corrected chi connectivity index (χ3v) is 4.31. The smallest absolute Gasteiger partial charge is 0.287 e. The number of hydrogen-bond donors (Lipinski definition) is 0. The zero-order valence-corrected chi connectivity index (χ0v) is 13.2. The van der Waals surface area contributed by atoms with Crippen LogP contribution in [-0.4, -0.2) is 30.1 Å². The Morgan fingerprint density at radius 1 is 1.39 bits per heavy atom. The Balaban J connectivity index is 1.81. The summed E-state index contributed by atoms with van der Waals surface area (Å²) in [7, 11) is 1.69. The van der Waals surface area contributed by atoms with Crippen molar-refractivity contribution in [3.05, 3.63) is 57.8 Å². The maximum Gasteiger partial charge on any atom is 0.287 e. The summed E-state index contributed by atoms with van der Waals surface area (Å²) in [6.07, 6.45) is 2.34. The van der Waals surface area contributed by atoms with Crippen LogP contribution in [0.5, 0.6) is 5.75 Å². The molecule has 120 valence electrons. The summed E-state index contributed by atoms with van der Waals surface area (Å²) in [4.78, 5) is 16.9. The highest BCUT2D eigenvalue weighted by molar-refractivity contribution is 5.52. The monoisotopic (exact) mass is 313 g/mol. The molecule has 1 aromatic carbocycles. The average molecular weight is 313 g/mol. The molecule has 2 heterocycles. The minimum Gasteiger partial charge on any atom is -0.496 e. The van der Waals surface area contributed by atoms with Crippen LogP contribution in [-0.2, 0) is 0 Å². The summed E-state index contributed by atoms with van der Waals surface area (Å²) < 4.78 is 5.46. The van der Waals surface area contributed by atoms with Gasteiger partial charge in [0.05, 0.1) is 12.0 Å². The van der Waals surface area contributed by atoms with E-state index in [-0.39, 0.29) is 5.69 Å². The Kier molecular flexibility index (Phi) is 4.14. The number of hydrogen-bond acceptors (Lipinski definition) is 5. The fourth-order valence-corrected chi connectivity index (χ4v) is 3.19. The van der Waals surface area contributed by atoms with Crippen LogP contribution in [0.15, 0.2) is 36.5 Å². The number of nitrogens with zero attached hydrogens (tertiary/aromatic N) is 3. The number of rotatable bonds is 4. The van der Waals surface area contributed by atoms with Gasteiger partial charge in [-0.05, 0) is 30.5 Å². The van der Waals surface area contributed by atoms with Gasteiger partial charge < -0.3 is 9.64 Å². The predicted molar refractivity (Wildman–Crippen MR) is 88.2 cm³/mol. The van der Waals surface area contributed by atoms with E-state index in [1.165, 1.54) is 11.8 Å². The number of ether oxygens (including phenoxy) is 1. The number of aryl methyl sites for hydroxylation is 1. The number of pyridine rings is 1. The van der Waals surface area contributed by atoms with Gasteiger partial charge in [-0.1, -0.05) is 18.2 Å². The normalized spacial score (nSPS) is 17.3. The molecule has 1 fully saturated rings. The second-order valence-electron chi connectivity index (χ2n) is 5.76. The predicted octanol–water partition coefficient (Wildman–Crippen LogP) is 3.30. The zero-order chi connectivity index (χ0) is 16.4. The maximum absolute atomic E-state index is 10.8. The molecule has 1 saturated heterocycles. The minimum absolute atomic E-state index is 0.0340. The van der Waals surface area contributed by atoms with Gasteiger partial charge in [0.1, 0.15) is 17.8 Å². The number of anilines is 1. The lowest BCUT2D eigenvalue weighted by Crippen LogP contribution is -2.21. The van der Waals surface area contributed by atoms with Crippen molar-refractivity contribution in [3.8, 4) is 5.75 Å². The van der Waals surface area contributed by atoms with Crippen molar-refractivity contribution in [2.45, 2.75) is 19.3 Å². The van der Waals surface area contributed by atoms with Gasteiger partial charge in [0, 0.05) is 25.1 Å². The lowest BCUT2D eigenvalue weighted by molar-refractivity contribution is -0.385. The summed E-state index contributed by atoms with van der Waals surface area (Å²) in [6.45, 7) is 3.59. The molecule has 1 aromatic heterocycles. The number of benzene rings is 1. The number of aromatic nitrogens is 1. The molecular formula is C17H19N3O3. The first-order valence-corrected chi connectivity index (χ1v) is 7.59. The lowest BCUT2D eigenvalue weighted by Gasteiger charge is -2.20. The molecule has 6 nitrogen and oxygen atoms in total. The van der Waals surface area contributed by atoms with Gasteiger partial charge in [-0.3, -0.25) is 10.1 Å². The standard InChI is InChI=1S/C17H19N3O3/c1-12-9-14(20(21)22)10-18-17(12)19-8-7-13(11-19)15-5-3-4-6-16(15)23-2/h3-6,9-10,13H,7-8,11H2,1-2H3. The molecule has 1 atom stereocenters. The van der Waals surface area contributed by atoms with Gasteiger partial charge in [0.25, 0.3) is 5.69 Å². The zero-order valence-electron chi connectivity index (χ0n) is 13.2. The SMILES string of the molecule is COc1ccccc1C1CCN(c2ncc([N+](=O)[O-])cc2C)C1. The molecule has 0 spiro atoms. The highest BCUT2D eigenvalue weighted by Gasteiger charge is 2.28. The Labute approximate surface area is 134 Å². The lowest BCUT2D eigenvalue weighted by atomic mass is 9.97. The molecule has 3 rings (SSSR count). The van der Waals surface area contributed by atoms with E-state index in [0.29, 0.717) is 5.92 Å². The van der Waals surface area contributed by atoms with E-state index in [0.717, 1.165) is 36.6 Å². The van der Waals surface area contributed by atoms with Gasteiger partial charge in [0.15, 0.2) is 0 Å². The molecule has 6 heteroatoms. The minimum atomic E-state index is -0.411. The summed E-state index contributed by atoms with van der Waals surface area (Å²) in [5, 5.41) is 10.8. The molecule has 0 amide bonds. The molecule has 23 heavy (non-hydrogen) atoms. The molecule has 0 N–H and O–H groups in total. The molecule has 1 aliphatic rings. The van der Waals surface area contributed by atoms with Crippen LogP contribution in [0, 0.1) is 17.0 Å². The molecule has 0 saturated carbocycles. The van der Waals surface area contributed by atoms with Gasteiger partial charge in [-0.2, -0.15) is 0 Å². The van der Waals surface area contributed by atoms with Crippen LogP contribution < -0.4 is 9.64 Å². The third kappa shape index (κ3) is 2.97. The van der Waals surface area contributed by atoms with Gasteiger partial charge >= 0.3 is 0 Å². The second kappa shape index (κ2) is 6.24. The fraction of sp³-hybridized carbons (Fsp3) is 0.353. The molecule has 0 aliphatic carbocycles. The van der Waals surface area contributed by atoms with Crippen LogP contribution in [0.3, 0.4) is 0 Å². The summed E-state index contributed by atoms with van der Waals surface area (Å²) >= 11 is 0. The Bertz CT molecular complexity index is 733. The van der Waals surface area contributed by atoms with Gasteiger partial charge in [-0.25, -0.2) is 4.98 Å². The molecule has 2 aromatic rings.